The molecule has 0 unspecified atom stereocenters. The Morgan fingerprint density at radius 1 is 1.36 bits per heavy atom. The fraction of sp³-hybridized carbons (Fsp3) is 0.857. The summed E-state index contributed by atoms with van der Waals surface area (Å²) in [5.41, 5.74) is 0. The van der Waals surface area contributed by atoms with E-state index in [4.69, 9.17) is 0 Å². The van der Waals surface area contributed by atoms with Crippen molar-refractivity contribution < 1.29 is 9.53 Å². The Hall–Kier alpha value is -0.770. The van der Waals surface area contributed by atoms with Gasteiger partial charge in [-0.1, -0.05) is 6.92 Å². The van der Waals surface area contributed by atoms with E-state index in [1.54, 1.807) is 0 Å². The highest BCUT2D eigenvalue weighted by molar-refractivity contribution is 5.66. The predicted molar refractivity (Wildman–Crippen MR) is 43.6 cm³/mol. The van der Waals surface area contributed by atoms with E-state index < -0.39 is 0 Å². The Bertz CT molecular complexity index is 107. The molecule has 0 aromatic rings. The van der Waals surface area contributed by atoms with Crippen LogP contribution >= 0.6 is 0 Å². The molecule has 0 heterocycles. The molecule has 4 nitrogen and oxygen atoms in total. The lowest BCUT2D eigenvalue weighted by molar-refractivity contribution is 0.171. The average Bonchev–Trinajstić information content (AvgIpc) is 2.04. The third kappa shape index (κ3) is 7.12. The standard InChI is InChI=1S/C7H16N2O2/c1-3-4-8-5-6-9-7(10)11-2/h8H,3-6H2,1-2H3,(H,9,10). The van der Waals surface area contributed by atoms with Crippen LogP contribution in [0.25, 0.3) is 0 Å². The van der Waals surface area contributed by atoms with Gasteiger partial charge in [0, 0.05) is 13.1 Å². The maximum Gasteiger partial charge on any atom is 0.406 e. The van der Waals surface area contributed by atoms with Gasteiger partial charge in [-0.3, -0.25) is 0 Å². The van der Waals surface area contributed by atoms with Crippen LogP contribution in [0.2, 0.25) is 0 Å². The molecule has 0 aliphatic carbocycles. The van der Waals surface area contributed by atoms with E-state index in [1.807, 2.05) is 0 Å². The molecule has 0 saturated heterocycles. The summed E-state index contributed by atoms with van der Waals surface area (Å²) in [4.78, 5) is 10.5. The molecule has 0 atom stereocenters. The van der Waals surface area contributed by atoms with Crippen molar-refractivity contribution in [2.45, 2.75) is 13.3 Å². The Morgan fingerprint density at radius 2 is 2.09 bits per heavy atom. The van der Waals surface area contributed by atoms with Gasteiger partial charge in [-0.05, 0) is 13.0 Å². The molecule has 0 fully saturated rings. The summed E-state index contributed by atoms with van der Waals surface area (Å²) in [6.07, 6.45) is 0.737. The number of carbonyl (C=O) groups excluding carboxylic acids is 1. The third-order valence-electron chi connectivity index (χ3n) is 1.18. The fourth-order valence-electron chi connectivity index (χ4n) is 0.627. The van der Waals surface area contributed by atoms with Crippen molar-refractivity contribution in [3.05, 3.63) is 0 Å². The zero-order valence-electron chi connectivity index (χ0n) is 7.14. The number of amides is 1. The van der Waals surface area contributed by atoms with E-state index >= 15 is 0 Å². The van der Waals surface area contributed by atoms with E-state index in [-0.39, 0.29) is 6.09 Å². The van der Waals surface area contributed by atoms with Crippen LogP contribution < -0.4 is 10.6 Å². The smallest absolute Gasteiger partial charge is 0.406 e. The van der Waals surface area contributed by atoms with Gasteiger partial charge in [0.05, 0.1) is 7.11 Å². The first-order valence-corrected chi connectivity index (χ1v) is 3.83. The van der Waals surface area contributed by atoms with Gasteiger partial charge in [0.1, 0.15) is 0 Å². The molecule has 0 aliphatic heterocycles. The van der Waals surface area contributed by atoms with Gasteiger partial charge in [0.25, 0.3) is 0 Å². The maximum atomic E-state index is 10.5. The van der Waals surface area contributed by atoms with Gasteiger partial charge in [0.2, 0.25) is 0 Å². The molecule has 66 valence electrons. The number of nitrogens with one attached hydrogen (secondary N) is 2. The predicted octanol–water partition coefficient (Wildman–Crippen LogP) is 0.342. The first-order chi connectivity index (χ1) is 5.31. The van der Waals surface area contributed by atoms with Gasteiger partial charge in [-0.2, -0.15) is 0 Å². The summed E-state index contributed by atoms with van der Waals surface area (Å²) in [6.45, 7) is 4.50. The lowest BCUT2D eigenvalue weighted by Crippen LogP contribution is -2.31. The molecule has 11 heavy (non-hydrogen) atoms. The number of methoxy groups -OCH3 is 1. The van der Waals surface area contributed by atoms with Gasteiger partial charge in [0.15, 0.2) is 0 Å². The van der Waals surface area contributed by atoms with Crippen molar-refractivity contribution >= 4 is 6.09 Å². The van der Waals surface area contributed by atoms with Crippen LogP contribution in [-0.2, 0) is 4.74 Å². The molecule has 0 aromatic carbocycles. The molecule has 0 aromatic heterocycles. The van der Waals surface area contributed by atoms with E-state index in [1.165, 1.54) is 7.11 Å². The highest BCUT2D eigenvalue weighted by atomic mass is 16.5. The van der Waals surface area contributed by atoms with Crippen LogP contribution in [0, 0.1) is 0 Å². The molecule has 0 rings (SSSR count). The number of alkyl carbamates (subject to hydrolysis) is 1. The molecular weight excluding hydrogens is 144 g/mol. The normalized spacial score (nSPS) is 9.27. The van der Waals surface area contributed by atoms with Gasteiger partial charge < -0.3 is 15.4 Å². The van der Waals surface area contributed by atoms with Crippen LogP contribution in [0.1, 0.15) is 13.3 Å². The average molecular weight is 160 g/mol. The number of carbonyl (C=O) groups is 1. The summed E-state index contributed by atoms with van der Waals surface area (Å²) < 4.78 is 4.38. The lowest BCUT2D eigenvalue weighted by atomic mass is 10.5. The second kappa shape index (κ2) is 7.34. The van der Waals surface area contributed by atoms with E-state index in [9.17, 15) is 4.79 Å². The Morgan fingerprint density at radius 3 is 2.64 bits per heavy atom. The van der Waals surface area contributed by atoms with Crippen LogP contribution in [-0.4, -0.2) is 32.8 Å². The summed E-state index contributed by atoms with van der Waals surface area (Å²) in [5, 5.41) is 5.71. The molecule has 0 bridgehead atoms. The summed E-state index contributed by atoms with van der Waals surface area (Å²) in [5.74, 6) is 0. The molecule has 0 spiro atoms. The minimum Gasteiger partial charge on any atom is -0.453 e. The van der Waals surface area contributed by atoms with Crippen LogP contribution in [0.3, 0.4) is 0 Å². The number of hydrogen-bond acceptors (Lipinski definition) is 3. The topological polar surface area (TPSA) is 50.4 Å². The van der Waals surface area contributed by atoms with Gasteiger partial charge >= 0.3 is 6.09 Å². The summed E-state index contributed by atoms with van der Waals surface area (Å²) >= 11 is 0. The Kier molecular flexibility index (Phi) is 6.82. The zero-order valence-corrected chi connectivity index (χ0v) is 7.14. The van der Waals surface area contributed by atoms with Crippen LogP contribution in [0.15, 0.2) is 0 Å². The van der Waals surface area contributed by atoms with Crippen molar-refractivity contribution in [3.8, 4) is 0 Å². The van der Waals surface area contributed by atoms with Gasteiger partial charge in [-0.25, -0.2) is 4.79 Å². The number of ether oxygens (including phenoxy) is 1. The third-order valence-corrected chi connectivity index (χ3v) is 1.18. The van der Waals surface area contributed by atoms with Crippen LogP contribution in [0.5, 0.6) is 0 Å². The van der Waals surface area contributed by atoms with E-state index in [0.717, 1.165) is 19.5 Å². The Labute approximate surface area is 67.3 Å². The van der Waals surface area contributed by atoms with Crippen molar-refractivity contribution in [1.29, 1.82) is 0 Å². The highest BCUT2D eigenvalue weighted by Gasteiger charge is 1.94. The summed E-state index contributed by atoms with van der Waals surface area (Å²) in [7, 11) is 1.36. The fourth-order valence-corrected chi connectivity index (χ4v) is 0.627. The molecular formula is C7H16N2O2. The van der Waals surface area contributed by atoms with Crippen molar-refractivity contribution in [2.75, 3.05) is 26.7 Å². The van der Waals surface area contributed by atoms with Crippen molar-refractivity contribution in [2.24, 2.45) is 0 Å². The summed E-state index contributed by atoms with van der Waals surface area (Å²) in [6, 6.07) is 0. The highest BCUT2D eigenvalue weighted by Crippen LogP contribution is 1.70. The molecule has 0 saturated carbocycles. The monoisotopic (exact) mass is 160 g/mol. The van der Waals surface area contributed by atoms with Crippen molar-refractivity contribution in [1.82, 2.24) is 10.6 Å². The minimum absolute atomic E-state index is 0.372. The van der Waals surface area contributed by atoms with Crippen LogP contribution in [0.4, 0.5) is 4.79 Å². The molecule has 0 aliphatic rings. The zero-order chi connectivity index (χ0) is 8.53. The first kappa shape index (κ1) is 10.2. The SMILES string of the molecule is CCCNCCNC(=O)OC. The number of rotatable bonds is 5. The minimum atomic E-state index is -0.372. The van der Waals surface area contributed by atoms with Gasteiger partial charge in [-0.15, -0.1) is 0 Å². The second-order valence-corrected chi connectivity index (χ2v) is 2.17. The molecule has 0 radical (unpaired) electrons. The molecule has 4 heteroatoms. The Balaban J connectivity index is 2.95. The quantitative estimate of drug-likeness (QED) is 0.570. The van der Waals surface area contributed by atoms with E-state index in [2.05, 4.69) is 22.3 Å². The van der Waals surface area contributed by atoms with E-state index in [0.29, 0.717) is 6.54 Å². The molecule has 1 amide bonds. The number of hydrogen-bond donors (Lipinski definition) is 2. The molecule has 2 N–H and O–H groups in total. The lowest BCUT2D eigenvalue weighted by Gasteiger charge is -2.03. The first-order valence-electron chi connectivity index (χ1n) is 3.83. The largest absolute Gasteiger partial charge is 0.453 e. The maximum absolute atomic E-state index is 10.5. The second-order valence-electron chi connectivity index (χ2n) is 2.17. The van der Waals surface area contributed by atoms with Crippen molar-refractivity contribution in [3.63, 3.8) is 0 Å².